The first kappa shape index (κ1) is 27.6. The molecule has 1 unspecified atom stereocenters. The van der Waals surface area contributed by atoms with E-state index in [9.17, 15) is 19.2 Å². The number of benzene rings is 1. The molecule has 12 heteroatoms. The molecule has 2 aliphatic rings. The van der Waals surface area contributed by atoms with E-state index in [1.165, 1.54) is 25.1 Å². The second-order valence-corrected chi connectivity index (χ2v) is 10.1. The van der Waals surface area contributed by atoms with E-state index in [2.05, 4.69) is 15.4 Å². The van der Waals surface area contributed by atoms with E-state index in [0.29, 0.717) is 19.4 Å². The SMILES string of the molecule is CN1N=C2CCN(C(=O)C(COc3ccccn3)NC(=O)C(C)(C)OC(N)=O)C[C@@]2(Cc2ccccc2)C1=O. The number of piperidine rings is 1. The number of nitrogens with zero attached hydrogens (tertiary/aromatic N) is 4. The number of primary amides is 1. The molecule has 2 atom stereocenters. The summed E-state index contributed by atoms with van der Waals surface area (Å²) >= 11 is 0. The summed E-state index contributed by atoms with van der Waals surface area (Å²) in [6, 6.07) is 13.5. The lowest BCUT2D eigenvalue weighted by Crippen LogP contribution is -2.61. The second-order valence-electron chi connectivity index (χ2n) is 10.1. The molecule has 4 amide bonds. The Bertz CT molecular complexity index is 1270. The van der Waals surface area contributed by atoms with Gasteiger partial charge in [-0.25, -0.2) is 14.8 Å². The lowest BCUT2D eigenvalue weighted by atomic mass is 9.73. The number of amides is 4. The fraction of sp³-hybridized carbons (Fsp3) is 0.407. The molecule has 1 saturated heterocycles. The minimum Gasteiger partial charge on any atom is -0.475 e. The van der Waals surface area contributed by atoms with Gasteiger partial charge in [-0.15, -0.1) is 0 Å². The van der Waals surface area contributed by atoms with Crippen molar-refractivity contribution in [3.05, 3.63) is 60.3 Å². The molecule has 4 rings (SSSR count). The average molecular weight is 537 g/mol. The van der Waals surface area contributed by atoms with Crippen molar-refractivity contribution in [2.75, 3.05) is 26.7 Å². The van der Waals surface area contributed by atoms with Gasteiger partial charge < -0.3 is 25.4 Å². The van der Waals surface area contributed by atoms with Crippen LogP contribution in [0.15, 0.2) is 59.8 Å². The highest BCUT2D eigenvalue weighted by molar-refractivity contribution is 6.13. The number of likely N-dealkylation sites (tertiary alicyclic amines) is 1. The summed E-state index contributed by atoms with van der Waals surface area (Å²) < 4.78 is 10.7. The third kappa shape index (κ3) is 6.00. The quantitative estimate of drug-likeness (QED) is 0.486. The molecule has 0 radical (unpaired) electrons. The number of pyridine rings is 1. The van der Waals surface area contributed by atoms with Crippen LogP contribution in [0.5, 0.6) is 5.88 Å². The molecule has 206 valence electrons. The van der Waals surface area contributed by atoms with Gasteiger partial charge >= 0.3 is 6.09 Å². The van der Waals surface area contributed by atoms with Crippen LogP contribution >= 0.6 is 0 Å². The third-order valence-corrected chi connectivity index (χ3v) is 6.81. The van der Waals surface area contributed by atoms with Crippen LogP contribution in [0, 0.1) is 5.41 Å². The second kappa shape index (κ2) is 11.1. The standard InChI is InChI=1S/C27H32N6O6/c1-26(2,39-25(28)37)23(35)30-19(16-38-21-11-7-8-13-29-21)22(34)33-14-12-20-27(17-33,24(36)32(3)31-20)15-18-9-5-4-6-10-18/h4-11,13,19H,12,14-17H2,1-3H3,(H2,28,37)(H,30,35)/t19?,27-/m1/s1. The highest BCUT2D eigenvalue weighted by Gasteiger charge is 2.54. The molecule has 2 aliphatic heterocycles. The highest BCUT2D eigenvalue weighted by atomic mass is 16.6. The van der Waals surface area contributed by atoms with Gasteiger partial charge in [-0.1, -0.05) is 36.4 Å². The summed E-state index contributed by atoms with van der Waals surface area (Å²) in [6.07, 6.45) is 1.18. The van der Waals surface area contributed by atoms with E-state index in [0.717, 1.165) is 11.3 Å². The van der Waals surface area contributed by atoms with Gasteiger partial charge in [0.1, 0.15) is 18.1 Å². The number of ether oxygens (including phenoxy) is 2. The van der Waals surface area contributed by atoms with E-state index in [-0.39, 0.29) is 24.9 Å². The summed E-state index contributed by atoms with van der Waals surface area (Å²) in [6.45, 7) is 2.86. The van der Waals surface area contributed by atoms with Gasteiger partial charge in [-0.05, 0) is 31.9 Å². The van der Waals surface area contributed by atoms with Gasteiger partial charge in [0.15, 0.2) is 5.60 Å². The zero-order valence-corrected chi connectivity index (χ0v) is 22.1. The molecule has 1 fully saturated rings. The first-order valence-corrected chi connectivity index (χ1v) is 12.5. The van der Waals surface area contributed by atoms with Crippen molar-refractivity contribution >= 4 is 29.5 Å². The largest absolute Gasteiger partial charge is 0.475 e. The molecule has 39 heavy (non-hydrogen) atoms. The normalized spacial score (nSPS) is 19.6. The van der Waals surface area contributed by atoms with Crippen molar-refractivity contribution in [2.45, 2.75) is 38.3 Å². The fourth-order valence-corrected chi connectivity index (χ4v) is 4.84. The minimum absolute atomic E-state index is 0.0832. The van der Waals surface area contributed by atoms with Crippen molar-refractivity contribution in [1.82, 2.24) is 20.2 Å². The van der Waals surface area contributed by atoms with Gasteiger partial charge in [-0.2, -0.15) is 5.10 Å². The van der Waals surface area contributed by atoms with Crippen LogP contribution in [-0.4, -0.2) is 82.8 Å². The summed E-state index contributed by atoms with van der Waals surface area (Å²) in [5.74, 6) is -1.12. The van der Waals surface area contributed by atoms with Crippen molar-refractivity contribution in [2.24, 2.45) is 16.3 Å². The van der Waals surface area contributed by atoms with E-state index in [4.69, 9.17) is 15.2 Å². The van der Waals surface area contributed by atoms with Gasteiger partial charge in [0, 0.05) is 38.8 Å². The molecular formula is C27H32N6O6. The van der Waals surface area contributed by atoms with Crippen LogP contribution < -0.4 is 15.8 Å². The van der Waals surface area contributed by atoms with E-state index in [1.807, 2.05) is 30.3 Å². The summed E-state index contributed by atoms with van der Waals surface area (Å²) in [5.41, 5.74) is 4.12. The number of aromatic nitrogens is 1. The Kier molecular flexibility index (Phi) is 7.84. The zero-order chi connectivity index (χ0) is 28.2. The number of hydrogen-bond acceptors (Lipinski definition) is 8. The molecule has 0 saturated carbocycles. The smallest absolute Gasteiger partial charge is 0.405 e. The van der Waals surface area contributed by atoms with E-state index in [1.54, 1.807) is 30.1 Å². The molecule has 0 spiro atoms. The lowest BCUT2D eigenvalue weighted by molar-refractivity contribution is -0.145. The van der Waals surface area contributed by atoms with Crippen LogP contribution in [0.1, 0.15) is 25.8 Å². The molecule has 3 heterocycles. The lowest BCUT2D eigenvalue weighted by Gasteiger charge is -2.40. The fourth-order valence-electron chi connectivity index (χ4n) is 4.84. The maximum absolute atomic E-state index is 13.9. The molecule has 12 nitrogen and oxygen atoms in total. The number of nitrogens with two attached hydrogens (primary N) is 1. The third-order valence-electron chi connectivity index (χ3n) is 6.81. The zero-order valence-electron chi connectivity index (χ0n) is 22.1. The van der Waals surface area contributed by atoms with Gasteiger partial charge in [0.05, 0.1) is 5.71 Å². The maximum atomic E-state index is 13.9. The van der Waals surface area contributed by atoms with Crippen LogP contribution in [0.2, 0.25) is 0 Å². The van der Waals surface area contributed by atoms with Crippen molar-refractivity contribution < 1.29 is 28.7 Å². The first-order chi connectivity index (χ1) is 18.5. The van der Waals surface area contributed by atoms with Gasteiger partial charge in [-0.3, -0.25) is 14.4 Å². The van der Waals surface area contributed by atoms with Crippen LogP contribution in [0.3, 0.4) is 0 Å². The molecule has 0 aliphatic carbocycles. The van der Waals surface area contributed by atoms with Crippen LogP contribution in [-0.2, 0) is 25.5 Å². The summed E-state index contributed by atoms with van der Waals surface area (Å²) in [4.78, 5) is 57.3. The Morgan fingerprint density at radius 3 is 2.54 bits per heavy atom. The predicted octanol–water partition coefficient (Wildman–Crippen LogP) is 1.11. The van der Waals surface area contributed by atoms with Gasteiger partial charge in [0.2, 0.25) is 11.8 Å². The van der Waals surface area contributed by atoms with E-state index < -0.39 is 35.0 Å². The number of hydrazone groups is 1. The van der Waals surface area contributed by atoms with E-state index >= 15 is 0 Å². The number of hydrogen-bond donors (Lipinski definition) is 2. The first-order valence-electron chi connectivity index (χ1n) is 12.5. The monoisotopic (exact) mass is 536 g/mol. The Hall–Kier alpha value is -4.48. The van der Waals surface area contributed by atoms with Crippen molar-refractivity contribution in [3.63, 3.8) is 0 Å². The Morgan fingerprint density at radius 2 is 1.87 bits per heavy atom. The van der Waals surface area contributed by atoms with Crippen molar-refractivity contribution in [1.29, 1.82) is 0 Å². The molecule has 1 aromatic carbocycles. The number of fused-ring (bicyclic) bond motifs is 1. The Balaban J connectivity index is 1.59. The number of nitrogens with one attached hydrogen (secondary N) is 1. The molecule has 1 aromatic heterocycles. The number of carbonyl (C=O) groups is 4. The molecule has 3 N–H and O–H groups in total. The summed E-state index contributed by atoms with van der Waals surface area (Å²) in [7, 11) is 1.61. The van der Waals surface area contributed by atoms with Gasteiger partial charge in [0.25, 0.3) is 11.8 Å². The number of carbonyl (C=O) groups excluding carboxylic acids is 4. The maximum Gasteiger partial charge on any atom is 0.405 e. The summed E-state index contributed by atoms with van der Waals surface area (Å²) in [5, 5.41) is 8.45. The molecule has 2 aromatic rings. The predicted molar refractivity (Wildman–Crippen MR) is 140 cm³/mol. The van der Waals surface area contributed by atoms with Crippen LogP contribution in [0.25, 0.3) is 0 Å². The minimum atomic E-state index is -1.64. The molecular weight excluding hydrogens is 504 g/mol. The van der Waals surface area contributed by atoms with Crippen molar-refractivity contribution in [3.8, 4) is 5.88 Å². The Labute approximate surface area is 226 Å². The van der Waals surface area contributed by atoms with Crippen LogP contribution in [0.4, 0.5) is 4.79 Å². The topological polar surface area (TPSA) is 157 Å². The Morgan fingerprint density at radius 1 is 1.15 bits per heavy atom. The molecule has 0 bridgehead atoms. The highest BCUT2D eigenvalue weighted by Crippen LogP contribution is 2.38. The average Bonchev–Trinajstić information content (AvgIpc) is 3.15. The number of rotatable bonds is 9.